The molecule has 0 fully saturated rings. The number of rotatable bonds is 6. The molecular formula is C25H14BF12NO3. The Morgan fingerprint density at radius 2 is 0.667 bits per heavy atom. The highest BCUT2D eigenvalue weighted by Crippen LogP contribution is 2.35. The van der Waals surface area contributed by atoms with Crippen molar-refractivity contribution in [1.82, 2.24) is 4.98 Å². The van der Waals surface area contributed by atoms with Crippen LogP contribution in [0.25, 0.3) is 0 Å². The molecule has 0 radical (unpaired) electrons. The lowest BCUT2D eigenvalue weighted by molar-refractivity contribution is 0.256. The Labute approximate surface area is 228 Å². The van der Waals surface area contributed by atoms with Crippen molar-refractivity contribution in [3.63, 3.8) is 0 Å². The number of halogens is 12. The molecule has 0 amide bonds. The molecule has 0 unspecified atom stereocenters. The summed E-state index contributed by atoms with van der Waals surface area (Å²) in [6.07, 6.45) is 3.75. The van der Waals surface area contributed by atoms with Gasteiger partial charge in [-0.15, -0.1) is 0 Å². The van der Waals surface area contributed by atoms with E-state index in [0.29, 0.717) is 20.8 Å². The first kappa shape index (κ1) is 32.1. The van der Waals surface area contributed by atoms with E-state index in [9.17, 15) is 52.7 Å². The molecular weight excluding hydrogens is 601 g/mol. The van der Waals surface area contributed by atoms with Crippen LogP contribution in [-0.4, -0.2) is 12.3 Å². The standard InChI is InChI=1S/C21H9BF12O3.C4H5N/c1-4-7(23)13(29)16(32)19(10(4)26)35-22(36-20-11(27)5(2)8(24)14(30)17(20)33)37-21-12(28)6(3)9(25)15(31)18(21)34;1-2-4-5-3-1/h1-3H3;1-5H. The smallest absolute Gasteiger partial charge is 0.484 e. The van der Waals surface area contributed by atoms with Gasteiger partial charge in [0.15, 0.2) is 69.6 Å². The highest BCUT2D eigenvalue weighted by Gasteiger charge is 2.41. The van der Waals surface area contributed by atoms with Gasteiger partial charge in [-0.25, -0.2) is 39.5 Å². The third-order valence-corrected chi connectivity index (χ3v) is 5.47. The topological polar surface area (TPSA) is 43.5 Å². The summed E-state index contributed by atoms with van der Waals surface area (Å²) >= 11 is 0. The molecule has 4 rings (SSSR count). The average molecular weight is 615 g/mol. The molecule has 0 bridgehead atoms. The second-order valence-electron chi connectivity index (χ2n) is 8.16. The maximum absolute atomic E-state index is 14.4. The first-order valence-electron chi connectivity index (χ1n) is 11.2. The molecule has 4 aromatic rings. The van der Waals surface area contributed by atoms with E-state index in [0.717, 1.165) is 0 Å². The van der Waals surface area contributed by atoms with Gasteiger partial charge in [-0.1, -0.05) is 0 Å². The summed E-state index contributed by atoms with van der Waals surface area (Å²) in [5.74, 6) is -32.4. The summed E-state index contributed by atoms with van der Waals surface area (Å²) in [7, 11) is -3.25. The van der Waals surface area contributed by atoms with Gasteiger partial charge in [-0.05, 0) is 32.9 Å². The van der Waals surface area contributed by atoms with Gasteiger partial charge in [0, 0.05) is 29.1 Å². The van der Waals surface area contributed by atoms with Crippen molar-refractivity contribution < 1.29 is 66.6 Å². The van der Waals surface area contributed by atoms with E-state index in [1.54, 1.807) is 0 Å². The van der Waals surface area contributed by atoms with Crippen molar-refractivity contribution in [3.05, 3.63) is 111 Å². The summed E-state index contributed by atoms with van der Waals surface area (Å²) in [4.78, 5) is 2.86. The lowest BCUT2D eigenvalue weighted by Gasteiger charge is -2.20. The van der Waals surface area contributed by atoms with E-state index in [1.807, 2.05) is 24.5 Å². The minimum Gasteiger partial charge on any atom is -0.484 e. The fourth-order valence-electron chi connectivity index (χ4n) is 3.12. The number of hydrogen-bond acceptors (Lipinski definition) is 3. The molecule has 42 heavy (non-hydrogen) atoms. The average Bonchev–Trinajstić information content (AvgIpc) is 3.57. The van der Waals surface area contributed by atoms with Crippen molar-refractivity contribution in [1.29, 1.82) is 0 Å². The Morgan fingerprint density at radius 1 is 0.405 bits per heavy atom. The van der Waals surface area contributed by atoms with E-state index in [-0.39, 0.29) is 0 Å². The van der Waals surface area contributed by atoms with Crippen LogP contribution >= 0.6 is 0 Å². The highest BCUT2D eigenvalue weighted by atomic mass is 19.2. The van der Waals surface area contributed by atoms with E-state index in [1.165, 1.54) is 0 Å². The van der Waals surface area contributed by atoms with Crippen LogP contribution in [-0.2, 0) is 0 Å². The van der Waals surface area contributed by atoms with Gasteiger partial charge >= 0.3 is 7.32 Å². The van der Waals surface area contributed by atoms with Crippen LogP contribution in [0, 0.1) is 90.6 Å². The second-order valence-corrected chi connectivity index (χ2v) is 8.16. The summed E-state index contributed by atoms with van der Waals surface area (Å²) in [6.45, 7) is 1.73. The van der Waals surface area contributed by atoms with Gasteiger partial charge < -0.3 is 18.9 Å². The maximum Gasteiger partial charge on any atom is 0.864 e. The summed E-state index contributed by atoms with van der Waals surface area (Å²) < 4.78 is 181. The number of benzene rings is 3. The summed E-state index contributed by atoms with van der Waals surface area (Å²) in [6, 6.07) is 3.89. The minimum atomic E-state index is -3.25. The first-order valence-corrected chi connectivity index (χ1v) is 11.2. The Balaban J connectivity index is 0.000000873. The molecule has 224 valence electrons. The molecule has 0 atom stereocenters. The van der Waals surface area contributed by atoms with Gasteiger partial charge in [0.1, 0.15) is 0 Å². The molecule has 0 aliphatic carbocycles. The molecule has 0 aliphatic rings. The van der Waals surface area contributed by atoms with Gasteiger partial charge in [-0.3, -0.25) is 0 Å². The molecule has 17 heteroatoms. The Kier molecular flexibility index (Phi) is 9.63. The summed E-state index contributed by atoms with van der Waals surface area (Å²) in [5, 5.41) is 0. The van der Waals surface area contributed by atoms with Crippen LogP contribution in [0.2, 0.25) is 0 Å². The number of nitrogens with one attached hydrogen (secondary N) is 1. The van der Waals surface area contributed by atoms with Crippen LogP contribution in [0.5, 0.6) is 17.2 Å². The zero-order chi connectivity index (χ0) is 31.6. The molecule has 0 spiro atoms. The van der Waals surface area contributed by atoms with Crippen LogP contribution in [0.4, 0.5) is 52.7 Å². The Morgan fingerprint density at radius 3 is 0.881 bits per heavy atom. The van der Waals surface area contributed by atoms with Gasteiger partial charge in [-0.2, -0.15) is 13.2 Å². The predicted octanol–water partition coefficient (Wildman–Crippen LogP) is 7.82. The van der Waals surface area contributed by atoms with E-state index in [2.05, 4.69) is 18.9 Å². The molecule has 0 aliphatic heterocycles. The largest absolute Gasteiger partial charge is 0.864 e. The molecule has 3 aromatic carbocycles. The first-order chi connectivity index (χ1) is 19.6. The van der Waals surface area contributed by atoms with Crippen molar-refractivity contribution in [2.45, 2.75) is 20.8 Å². The number of aromatic nitrogens is 1. The lowest BCUT2D eigenvalue weighted by Crippen LogP contribution is -2.39. The van der Waals surface area contributed by atoms with Gasteiger partial charge in [0.25, 0.3) is 0 Å². The van der Waals surface area contributed by atoms with Gasteiger partial charge in [0.05, 0.1) is 0 Å². The monoisotopic (exact) mass is 615 g/mol. The fourth-order valence-corrected chi connectivity index (χ4v) is 3.12. The quantitative estimate of drug-likeness (QED) is 0.104. The van der Waals surface area contributed by atoms with Crippen molar-refractivity contribution in [2.75, 3.05) is 0 Å². The van der Waals surface area contributed by atoms with E-state index < -0.39 is 111 Å². The zero-order valence-corrected chi connectivity index (χ0v) is 21.1. The third kappa shape index (κ3) is 5.94. The molecule has 0 saturated heterocycles. The van der Waals surface area contributed by atoms with Crippen molar-refractivity contribution in [3.8, 4) is 17.2 Å². The zero-order valence-electron chi connectivity index (χ0n) is 21.1. The Bertz CT molecular complexity index is 1360. The number of hydrogen-bond donors (Lipinski definition) is 1. The van der Waals surface area contributed by atoms with Crippen LogP contribution in [0.1, 0.15) is 16.7 Å². The number of aromatic amines is 1. The van der Waals surface area contributed by atoms with Crippen molar-refractivity contribution >= 4 is 7.32 Å². The molecule has 1 heterocycles. The van der Waals surface area contributed by atoms with E-state index >= 15 is 0 Å². The van der Waals surface area contributed by atoms with Crippen LogP contribution in [0.15, 0.2) is 24.5 Å². The fraction of sp³-hybridized carbons (Fsp3) is 0.120. The van der Waals surface area contributed by atoms with Gasteiger partial charge in [0.2, 0.25) is 17.5 Å². The van der Waals surface area contributed by atoms with Crippen molar-refractivity contribution in [2.24, 2.45) is 0 Å². The third-order valence-electron chi connectivity index (χ3n) is 5.47. The molecule has 0 saturated carbocycles. The van der Waals surface area contributed by atoms with Crippen LogP contribution in [0.3, 0.4) is 0 Å². The minimum absolute atomic E-state index is 0.576. The van der Waals surface area contributed by atoms with E-state index in [4.69, 9.17) is 0 Å². The lowest BCUT2D eigenvalue weighted by atomic mass is 10.1. The second kappa shape index (κ2) is 12.6. The normalized spacial score (nSPS) is 10.7. The maximum atomic E-state index is 14.4. The Hall–Kier alpha value is -4.44. The highest BCUT2D eigenvalue weighted by molar-refractivity contribution is 6.39. The van der Waals surface area contributed by atoms with Crippen LogP contribution < -0.4 is 14.0 Å². The molecule has 4 nitrogen and oxygen atoms in total. The molecule has 1 aromatic heterocycles. The number of H-pyrrole nitrogens is 1. The molecule has 1 N–H and O–H groups in total. The summed E-state index contributed by atoms with van der Waals surface area (Å²) in [5.41, 5.74) is -3.68. The SMILES string of the molecule is Cc1c(F)c(F)c(F)c(OB(Oc2c(F)c(C)c(F)c(F)c2F)Oc2c(F)c(C)c(F)c(F)c2F)c1F.c1cc[nH]c1. The predicted molar refractivity (Wildman–Crippen MR) is 121 cm³/mol.